The fraction of sp³-hybridized carbons (Fsp3) is 0.412. The lowest BCUT2D eigenvalue weighted by atomic mass is 10.3. The third kappa shape index (κ3) is 5.59. The molecule has 1 amide bonds. The summed E-state index contributed by atoms with van der Waals surface area (Å²) < 4.78 is 1.61. The van der Waals surface area contributed by atoms with E-state index in [0.717, 1.165) is 44.8 Å². The van der Waals surface area contributed by atoms with Gasteiger partial charge in [-0.05, 0) is 37.2 Å². The monoisotopic (exact) mass is 417 g/mol. The number of halogens is 3. The minimum Gasteiger partial charge on any atom is -0.351 e. The number of rotatable bonds is 6. The Balaban J connectivity index is 0.00000243. The summed E-state index contributed by atoms with van der Waals surface area (Å²) in [5, 5.41) is 11.5. The molecule has 142 valence electrons. The molecule has 26 heavy (non-hydrogen) atoms. The fourth-order valence-corrected chi connectivity index (χ4v) is 3.04. The molecule has 1 fully saturated rings. The van der Waals surface area contributed by atoms with Crippen LogP contribution in [0.3, 0.4) is 0 Å². The Kier molecular flexibility index (Phi) is 8.18. The van der Waals surface area contributed by atoms with Crippen molar-refractivity contribution in [3.63, 3.8) is 0 Å². The van der Waals surface area contributed by atoms with Crippen LogP contribution in [0.1, 0.15) is 16.9 Å². The van der Waals surface area contributed by atoms with Crippen molar-refractivity contribution in [2.24, 2.45) is 0 Å². The average Bonchev–Trinajstić information content (AvgIpc) is 3.12. The summed E-state index contributed by atoms with van der Waals surface area (Å²) in [6, 6.07) is 6.91. The van der Waals surface area contributed by atoms with Gasteiger partial charge in [-0.3, -0.25) is 4.79 Å². The lowest BCUT2D eigenvalue weighted by molar-refractivity contribution is 0.0946. The fourth-order valence-electron chi connectivity index (χ4n) is 2.75. The first-order valence-electron chi connectivity index (χ1n) is 8.36. The zero-order valence-corrected chi connectivity index (χ0v) is 16.6. The molecule has 6 nitrogen and oxygen atoms in total. The van der Waals surface area contributed by atoms with E-state index in [-0.39, 0.29) is 18.3 Å². The molecule has 1 aliphatic rings. The van der Waals surface area contributed by atoms with Crippen LogP contribution in [-0.2, 0) is 0 Å². The summed E-state index contributed by atoms with van der Waals surface area (Å²) in [4.78, 5) is 14.6. The molecule has 1 aromatic heterocycles. The highest BCUT2D eigenvalue weighted by molar-refractivity contribution is 6.42. The Morgan fingerprint density at radius 3 is 2.69 bits per heavy atom. The van der Waals surface area contributed by atoms with E-state index >= 15 is 0 Å². The number of benzene rings is 1. The van der Waals surface area contributed by atoms with Gasteiger partial charge < -0.3 is 15.5 Å². The molecule has 1 aliphatic heterocycles. The average molecular weight is 419 g/mol. The van der Waals surface area contributed by atoms with E-state index in [0.29, 0.717) is 22.3 Å². The molecule has 0 bridgehead atoms. The summed E-state index contributed by atoms with van der Waals surface area (Å²) in [7, 11) is 0. The van der Waals surface area contributed by atoms with Gasteiger partial charge in [0.05, 0.1) is 15.7 Å². The van der Waals surface area contributed by atoms with Gasteiger partial charge in [0.1, 0.15) is 0 Å². The van der Waals surface area contributed by atoms with E-state index in [1.54, 1.807) is 35.1 Å². The molecular formula is C17H22Cl3N5O. The van der Waals surface area contributed by atoms with E-state index in [2.05, 4.69) is 20.6 Å². The second kappa shape index (κ2) is 10.1. The topological polar surface area (TPSA) is 62.2 Å². The molecule has 0 unspecified atom stereocenters. The Labute approximate surface area is 169 Å². The second-order valence-electron chi connectivity index (χ2n) is 5.95. The van der Waals surface area contributed by atoms with Gasteiger partial charge in [0.2, 0.25) is 0 Å². The summed E-state index contributed by atoms with van der Waals surface area (Å²) in [6.45, 7) is 5.86. The summed E-state index contributed by atoms with van der Waals surface area (Å²) >= 11 is 11.9. The Morgan fingerprint density at radius 1 is 1.19 bits per heavy atom. The Morgan fingerprint density at radius 2 is 1.96 bits per heavy atom. The molecule has 3 rings (SSSR count). The first-order chi connectivity index (χ1) is 12.1. The molecule has 1 aromatic carbocycles. The van der Waals surface area contributed by atoms with Crippen LogP contribution in [0.5, 0.6) is 0 Å². The molecular weight excluding hydrogens is 397 g/mol. The number of aromatic nitrogens is 2. The molecule has 1 saturated heterocycles. The van der Waals surface area contributed by atoms with Crippen molar-refractivity contribution in [1.82, 2.24) is 25.3 Å². The Bertz CT molecular complexity index is 731. The maximum Gasteiger partial charge on any atom is 0.271 e. The van der Waals surface area contributed by atoms with Crippen LogP contribution in [-0.4, -0.2) is 59.9 Å². The summed E-state index contributed by atoms with van der Waals surface area (Å²) in [5.74, 6) is -0.167. The van der Waals surface area contributed by atoms with Gasteiger partial charge in [-0.2, -0.15) is 5.10 Å². The van der Waals surface area contributed by atoms with Gasteiger partial charge in [-0.15, -0.1) is 12.4 Å². The SMILES string of the molecule is Cl.O=C(NCCCN1CCNCC1)c1ccn(-c2ccc(Cl)c(Cl)c2)n1. The third-order valence-electron chi connectivity index (χ3n) is 4.14. The van der Waals surface area contributed by atoms with Gasteiger partial charge in [-0.25, -0.2) is 4.68 Å². The maximum absolute atomic E-state index is 12.2. The van der Waals surface area contributed by atoms with Crippen LogP contribution in [0.4, 0.5) is 0 Å². The number of carbonyl (C=O) groups excluding carboxylic acids is 1. The van der Waals surface area contributed by atoms with E-state index in [9.17, 15) is 4.79 Å². The molecule has 2 heterocycles. The molecule has 9 heteroatoms. The van der Waals surface area contributed by atoms with Crippen molar-refractivity contribution in [2.75, 3.05) is 39.3 Å². The standard InChI is InChI=1S/C17H21Cl2N5O.ClH/c18-14-3-2-13(12-15(14)19)24-9-4-16(22-24)17(25)21-5-1-8-23-10-6-20-7-11-23;/h2-4,9,12,20H,1,5-8,10-11H2,(H,21,25);1H. The summed E-state index contributed by atoms with van der Waals surface area (Å²) in [5.41, 5.74) is 1.14. The summed E-state index contributed by atoms with van der Waals surface area (Å²) in [6.07, 6.45) is 2.66. The predicted octanol–water partition coefficient (Wildman–Crippen LogP) is 2.63. The Hall–Kier alpha value is -1.31. The highest BCUT2D eigenvalue weighted by Gasteiger charge is 2.12. The highest BCUT2D eigenvalue weighted by atomic mass is 35.5. The lowest BCUT2D eigenvalue weighted by Gasteiger charge is -2.26. The van der Waals surface area contributed by atoms with Crippen LogP contribution in [0.15, 0.2) is 30.5 Å². The smallest absolute Gasteiger partial charge is 0.271 e. The van der Waals surface area contributed by atoms with Gasteiger partial charge in [0, 0.05) is 38.9 Å². The zero-order valence-electron chi connectivity index (χ0n) is 14.3. The minimum atomic E-state index is -0.167. The van der Waals surface area contributed by atoms with Crippen LogP contribution in [0.2, 0.25) is 10.0 Å². The zero-order chi connectivity index (χ0) is 17.6. The molecule has 0 spiro atoms. The van der Waals surface area contributed by atoms with E-state index in [1.807, 2.05) is 0 Å². The first-order valence-corrected chi connectivity index (χ1v) is 9.11. The van der Waals surface area contributed by atoms with Gasteiger partial charge in [0.25, 0.3) is 5.91 Å². The van der Waals surface area contributed by atoms with Gasteiger partial charge >= 0.3 is 0 Å². The van der Waals surface area contributed by atoms with Crippen molar-refractivity contribution in [1.29, 1.82) is 0 Å². The molecule has 0 saturated carbocycles. The largest absolute Gasteiger partial charge is 0.351 e. The first kappa shape index (κ1) is 21.0. The molecule has 0 aliphatic carbocycles. The molecule has 2 aromatic rings. The highest BCUT2D eigenvalue weighted by Crippen LogP contribution is 2.24. The number of nitrogens with zero attached hydrogens (tertiary/aromatic N) is 3. The predicted molar refractivity (Wildman–Crippen MR) is 107 cm³/mol. The molecule has 0 radical (unpaired) electrons. The van der Waals surface area contributed by atoms with E-state index < -0.39 is 0 Å². The van der Waals surface area contributed by atoms with Crippen LogP contribution in [0, 0.1) is 0 Å². The van der Waals surface area contributed by atoms with Crippen molar-refractivity contribution >= 4 is 41.5 Å². The number of amides is 1. The van der Waals surface area contributed by atoms with Gasteiger partial charge in [-0.1, -0.05) is 23.2 Å². The normalized spacial score (nSPS) is 14.7. The van der Waals surface area contributed by atoms with E-state index in [1.165, 1.54) is 0 Å². The lowest BCUT2D eigenvalue weighted by Crippen LogP contribution is -2.44. The van der Waals surface area contributed by atoms with Gasteiger partial charge in [0.15, 0.2) is 5.69 Å². The second-order valence-corrected chi connectivity index (χ2v) is 6.76. The van der Waals surface area contributed by atoms with E-state index in [4.69, 9.17) is 23.2 Å². The van der Waals surface area contributed by atoms with Crippen LogP contribution >= 0.6 is 35.6 Å². The number of carbonyl (C=O) groups is 1. The van der Waals surface area contributed by atoms with Crippen LogP contribution in [0.25, 0.3) is 5.69 Å². The molecule has 2 N–H and O–H groups in total. The minimum absolute atomic E-state index is 0. The van der Waals surface area contributed by atoms with Crippen molar-refractivity contribution in [3.8, 4) is 5.69 Å². The van der Waals surface area contributed by atoms with Crippen molar-refractivity contribution in [2.45, 2.75) is 6.42 Å². The quantitative estimate of drug-likeness (QED) is 0.708. The van der Waals surface area contributed by atoms with Crippen molar-refractivity contribution < 1.29 is 4.79 Å². The number of hydrogen-bond acceptors (Lipinski definition) is 4. The maximum atomic E-state index is 12.2. The molecule has 0 atom stereocenters. The van der Waals surface area contributed by atoms with Crippen LogP contribution < -0.4 is 10.6 Å². The third-order valence-corrected chi connectivity index (χ3v) is 4.87. The number of nitrogens with one attached hydrogen (secondary N) is 2. The number of piperazine rings is 1. The van der Waals surface area contributed by atoms with Crippen molar-refractivity contribution in [3.05, 3.63) is 46.2 Å². The number of hydrogen-bond donors (Lipinski definition) is 2.